The second-order valence-corrected chi connectivity index (χ2v) is 13.3. The zero-order chi connectivity index (χ0) is 35.3. The number of carbonyl (C=O) groups excluding carboxylic acids is 6. The molecule has 6 N–H and O–H groups in total. The van der Waals surface area contributed by atoms with E-state index >= 15 is 0 Å². The normalized spacial score (nSPS) is 11.3. The van der Waals surface area contributed by atoms with Gasteiger partial charge in [0.25, 0.3) is 0 Å². The van der Waals surface area contributed by atoms with E-state index in [2.05, 4.69) is 38.8 Å². The molecule has 0 radical (unpaired) electrons. The fourth-order valence-corrected chi connectivity index (χ4v) is 4.23. The van der Waals surface area contributed by atoms with Crippen LogP contribution in [0.5, 0.6) is 0 Å². The predicted molar refractivity (Wildman–Crippen MR) is 180 cm³/mol. The molecule has 0 saturated carbocycles. The number of benzene rings is 1. The number of rotatable bonds is 23. The van der Waals surface area contributed by atoms with Crippen LogP contribution >= 0.6 is 0 Å². The quantitative estimate of drug-likeness (QED) is 0.0959. The number of aryl methyl sites for hydroxylation is 2. The van der Waals surface area contributed by atoms with Crippen molar-refractivity contribution in [3.05, 3.63) is 35.4 Å². The Morgan fingerprint density at radius 3 is 1.66 bits per heavy atom. The van der Waals surface area contributed by atoms with Crippen LogP contribution in [0.4, 0.5) is 0 Å². The zero-order valence-electron chi connectivity index (χ0n) is 29.1. The number of carbonyl (C=O) groups is 6. The van der Waals surface area contributed by atoms with E-state index in [1.165, 1.54) is 5.56 Å². The van der Waals surface area contributed by atoms with Gasteiger partial charge in [-0.15, -0.1) is 0 Å². The third-order valence-corrected chi connectivity index (χ3v) is 7.00. The molecular formula is C34H56N6O7. The molecule has 0 heterocycles. The molecule has 47 heavy (non-hydrogen) atoms. The minimum atomic E-state index is -0.587. The molecule has 264 valence electrons. The second kappa shape index (κ2) is 21.7. The van der Waals surface area contributed by atoms with Gasteiger partial charge in [-0.25, -0.2) is 0 Å². The highest BCUT2D eigenvalue weighted by Crippen LogP contribution is 2.16. The average Bonchev–Trinajstić information content (AvgIpc) is 3.01. The molecule has 1 aromatic rings. The van der Waals surface area contributed by atoms with Gasteiger partial charge in [-0.3, -0.25) is 28.8 Å². The molecule has 0 aromatic heterocycles. The molecule has 13 nitrogen and oxygen atoms in total. The standard InChI is InChI=1S/C34H56N6O7/c1-7-8-9-10-11-27(41)35-18-29(43)36-19-30(44)37-20-31(45)38-21-32(46)39-22-33(3,4)23-47-24-34(5,6)40-28(42)17-16-26-14-12-25(2)13-15-26/h12-15H,7-11,16-24H2,1-6H3,(H,35,41)(H,36,43)(H,37,44)(H,38,45)(H,39,46)(H,40,42). The van der Waals surface area contributed by atoms with E-state index in [0.717, 1.165) is 31.2 Å². The molecule has 1 rings (SSSR count). The van der Waals surface area contributed by atoms with E-state index in [1.54, 1.807) is 0 Å². The number of amides is 6. The SMILES string of the molecule is CCCCCCC(=O)NCC(=O)NCC(=O)NCC(=O)NCC(=O)NCC(C)(C)COCC(C)(C)NC(=O)CCc1ccc(C)cc1. The predicted octanol–water partition coefficient (Wildman–Crippen LogP) is 1.42. The van der Waals surface area contributed by atoms with Gasteiger partial charge in [0, 0.05) is 24.8 Å². The fourth-order valence-electron chi connectivity index (χ4n) is 4.23. The first kappa shape index (κ1) is 41.0. The Bertz CT molecular complexity index is 1170. The molecule has 0 fully saturated rings. The van der Waals surface area contributed by atoms with Crippen molar-refractivity contribution >= 4 is 35.4 Å². The van der Waals surface area contributed by atoms with Crippen LogP contribution in [0.2, 0.25) is 0 Å². The fraction of sp³-hybridized carbons (Fsp3) is 0.647. The summed E-state index contributed by atoms with van der Waals surface area (Å²) >= 11 is 0. The Kier molecular flexibility index (Phi) is 19.0. The minimum absolute atomic E-state index is 0.0514. The van der Waals surface area contributed by atoms with E-state index in [4.69, 9.17) is 4.74 Å². The van der Waals surface area contributed by atoms with Crippen LogP contribution in [-0.4, -0.2) is 86.9 Å². The summed E-state index contributed by atoms with van der Waals surface area (Å²) in [7, 11) is 0. The lowest BCUT2D eigenvalue weighted by Gasteiger charge is -2.30. The Balaban J connectivity index is 2.19. The lowest BCUT2D eigenvalue weighted by molar-refractivity contribution is -0.129. The Hall–Kier alpha value is -4.00. The van der Waals surface area contributed by atoms with Gasteiger partial charge in [0.1, 0.15) is 0 Å². The van der Waals surface area contributed by atoms with Crippen molar-refractivity contribution in [2.24, 2.45) is 5.41 Å². The molecule has 0 unspecified atom stereocenters. The summed E-state index contributed by atoms with van der Waals surface area (Å²) in [4.78, 5) is 72.3. The molecule has 1 aromatic carbocycles. The van der Waals surface area contributed by atoms with E-state index in [9.17, 15) is 28.8 Å². The maximum Gasteiger partial charge on any atom is 0.239 e. The van der Waals surface area contributed by atoms with Crippen LogP contribution in [0.15, 0.2) is 24.3 Å². The van der Waals surface area contributed by atoms with Crippen molar-refractivity contribution in [1.82, 2.24) is 31.9 Å². The summed E-state index contributed by atoms with van der Waals surface area (Å²) < 4.78 is 5.88. The third-order valence-electron chi connectivity index (χ3n) is 7.00. The van der Waals surface area contributed by atoms with Gasteiger partial charge in [0.2, 0.25) is 35.4 Å². The van der Waals surface area contributed by atoms with E-state index in [1.807, 2.05) is 58.9 Å². The first-order valence-corrected chi connectivity index (χ1v) is 16.4. The van der Waals surface area contributed by atoms with E-state index in [0.29, 0.717) is 39.0 Å². The van der Waals surface area contributed by atoms with Gasteiger partial charge < -0.3 is 36.6 Å². The Labute approximate surface area is 279 Å². The molecule has 0 saturated heterocycles. The van der Waals surface area contributed by atoms with Crippen LogP contribution in [0.25, 0.3) is 0 Å². The number of unbranched alkanes of at least 4 members (excludes halogenated alkanes) is 3. The molecule has 0 spiro atoms. The zero-order valence-corrected chi connectivity index (χ0v) is 29.1. The first-order chi connectivity index (χ1) is 22.1. The molecule has 0 aliphatic carbocycles. The molecule has 0 bridgehead atoms. The number of hydrogen-bond donors (Lipinski definition) is 6. The van der Waals surface area contributed by atoms with Crippen molar-refractivity contribution in [3.8, 4) is 0 Å². The largest absolute Gasteiger partial charge is 0.378 e. The second-order valence-electron chi connectivity index (χ2n) is 13.3. The van der Waals surface area contributed by atoms with Crippen LogP contribution < -0.4 is 31.9 Å². The van der Waals surface area contributed by atoms with Crippen LogP contribution in [0, 0.1) is 12.3 Å². The van der Waals surface area contributed by atoms with E-state index in [-0.39, 0.29) is 38.0 Å². The number of hydrogen-bond acceptors (Lipinski definition) is 7. The van der Waals surface area contributed by atoms with Gasteiger partial charge in [-0.2, -0.15) is 0 Å². The highest BCUT2D eigenvalue weighted by molar-refractivity contribution is 5.91. The van der Waals surface area contributed by atoms with Gasteiger partial charge >= 0.3 is 0 Å². The van der Waals surface area contributed by atoms with E-state index < -0.39 is 34.6 Å². The van der Waals surface area contributed by atoms with Crippen LogP contribution in [-0.2, 0) is 39.9 Å². The summed E-state index contributed by atoms with van der Waals surface area (Å²) in [5, 5.41) is 15.4. The van der Waals surface area contributed by atoms with Crippen LogP contribution in [0.1, 0.15) is 84.3 Å². The van der Waals surface area contributed by atoms with Crippen LogP contribution in [0.3, 0.4) is 0 Å². The lowest BCUT2D eigenvalue weighted by Crippen LogP contribution is -2.48. The minimum Gasteiger partial charge on any atom is -0.378 e. The highest BCUT2D eigenvalue weighted by atomic mass is 16.5. The summed E-state index contributed by atoms with van der Waals surface area (Å²) in [5.41, 5.74) is 1.31. The third kappa shape index (κ3) is 21.4. The monoisotopic (exact) mass is 660 g/mol. The Morgan fingerprint density at radius 1 is 0.617 bits per heavy atom. The van der Waals surface area contributed by atoms with Gasteiger partial charge in [-0.05, 0) is 39.2 Å². The molecule has 13 heteroatoms. The summed E-state index contributed by atoms with van der Waals surface area (Å²) in [6.07, 6.45) is 5.24. The molecule has 0 atom stereocenters. The molecule has 6 amide bonds. The summed E-state index contributed by atoms with van der Waals surface area (Å²) in [6.45, 7) is 11.4. The molecule has 0 aliphatic heterocycles. The summed E-state index contributed by atoms with van der Waals surface area (Å²) in [6, 6.07) is 8.12. The topological polar surface area (TPSA) is 184 Å². The Morgan fingerprint density at radius 2 is 1.13 bits per heavy atom. The number of ether oxygens (including phenoxy) is 1. The summed E-state index contributed by atoms with van der Waals surface area (Å²) in [5.74, 6) is -2.35. The van der Waals surface area contributed by atoms with Crippen molar-refractivity contribution < 1.29 is 33.5 Å². The van der Waals surface area contributed by atoms with Gasteiger partial charge in [0.15, 0.2) is 0 Å². The van der Waals surface area contributed by atoms with Crippen molar-refractivity contribution in [2.75, 3.05) is 45.9 Å². The smallest absolute Gasteiger partial charge is 0.239 e. The van der Waals surface area contributed by atoms with Crippen molar-refractivity contribution in [3.63, 3.8) is 0 Å². The first-order valence-electron chi connectivity index (χ1n) is 16.4. The molecule has 0 aliphatic rings. The van der Waals surface area contributed by atoms with Gasteiger partial charge in [-0.1, -0.05) is 69.9 Å². The lowest BCUT2D eigenvalue weighted by atomic mass is 9.94. The highest BCUT2D eigenvalue weighted by Gasteiger charge is 2.24. The van der Waals surface area contributed by atoms with Crippen molar-refractivity contribution in [2.45, 2.75) is 92.0 Å². The molecular weight excluding hydrogens is 604 g/mol. The number of nitrogens with one attached hydrogen (secondary N) is 6. The average molecular weight is 661 g/mol. The maximum atomic E-state index is 12.5. The van der Waals surface area contributed by atoms with Gasteiger partial charge in [0.05, 0.1) is 44.9 Å². The van der Waals surface area contributed by atoms with Crippen molar-refractivity contribution in [1.29, 1.82) is 0 Å². The maximum absolute atomic E-state index is 12.5.